The van der Waals surface area contributed by atoms with Gasteiger partial charge in [0.2, 0.25) is 5.91 Å². The van der Waals surface area contributed by atoms with Gasteiger partial charge in [-0.15, -0.1) is 10.2 Å². The van der Waals surface area contributed by atoms with Gasteiger partial charge in [-0.1, -0.05) is 17.7 Å². The van der Waals surface area contributed by atoms with Crippen molar-refractivity contribution in [2.45, 2.75) is 13.3 Å². The van der Waals surface area contributed by atoms with E-state index in [2.05, 4.69) is 20.1 Å². The average Bonchev–Trinajstić information content (AvgIpc) is 3.17. The lowest BCUT2D eigenvalue weighted by Gasteiger charge is -2.35. The average molecular weight is 415 g/mol. The van der Waals surface area contributed by atoms with Gasteiger partial charge in [0, 0.05) is 49.2 Å². The Bertz CT molecular complexity index is 994. The molecule has 0 unspecified atom stereocenters. The number of anilines is 1. The fourth-order valence-corrected chi connectivity index (χ4v) is 3.61. The van der Waals surface area contributed by atoms with Crippen molar-refractivity contribution in [3.8, 4) is 5.82 Å². The predicted molar refractivity (Wildman–Crippen MR) is 108 cm³/mol. The van der Waals surface area contributed by atoms with E-state index >= 15 is 0 Å². The van der Waals surface area contributed by atoms with E-state index in [0.29, 0.717) is 32.0 Å². The van der Waals surface area contributed by atoms with Crippen LogP contribution in [0.3, 0.4) is 0 Å². The van der Waals surface area contributed by atoms with Crippen molar-refractivity contribution in [1.82, 2.24) is 24.6 Å². The van der Waals surface area contributed by atoms with Gasteiger partial charge >= 0.3 is 0 Å². The summed E-state index contributed by atoms with van der Waals surface area (Å²) in [5.41, 5.74) is 0.248. The number of piperazine rings is 1. The van der Waals surface area contributed by atoms with Crippen LogP contribution in [0.25, 0.3) is 5.82 Å². The molecule has 0 N–H and O–H groups in total. The number of hydrogen-bond acceptors (Lipinski definition) is 5. The molecule has 3 aromatic rings. The van der Waals surface area contributed by atoms with Gasteiger partial charge in [0.25, 0.3) is 0 Å². The molecule has 150 valence electrons. The van der Waals surface area contributed by atoms with Crippen LogP contribution in [0, 0.1) is 12.7 Å². The first-order valence-corrected chi connectivity index (χ1v) is 9.70. The smallest absolute Gasteiger partial charge is 0.227 e. The number of rotatable bonds is 4. The van der Waals surface area contributed by atoms with Crippen molar-refractivity contribution >= 4 is 23.3 Å². The van der Waals surface area contributed by atoms with Crippen molar-refractivity contribution in [2.75, 3.05) is 31.1 Å². The number of hydrogen-bond donors (Lipinski definition) is 0. The number of nitrogens with zero attached hydrogens (tertiary/aromatic N) is 6. The first-order chi connectivity index (χ1) is 14.0. The molecule has 1 fully saturated rings. The summed E-state index contributed by atoms with van der Waals surface area (Å²) in [5, 5.41) is 8.88. The Morgan fingerprint density at radius 2 is 1.83 bits per heavy atom. The molecular weight excluding hydrogens is 395 g/mol. The Kier molecular flexibility index (Phi) is 5.44. The molecule has 0 aliphatic carbocycles. The van der Waals surface area contributed by atoms with Gasteiger partial charge in [-0.2, -0.15) is 0 Å². The van der Waals surface area contributed by atoms with Gasteiger partial charge in [0.15, 0.2) is 11.6 Å². The molecule has 3 heterocycles. The van der Waals surface area contributed by atoms with Crippen LogP contribution in [0.5, 0.6) is 0 Å². The van der Waals surface area contributed by atoms with Gasteiger partial charge in [0.1, 0.15) is 11.6 Å². The Hall–Kier alpha value is -3.00. The Morgan fingerprint density at radius 1 is 1.10 bits per heavy atom. The number of carbonyl (C=O) groups excluding carboxylic acids is 1. The summed E-state index contributed by atoms with van der Waals surface area (Å²) >= 11 is 6.04. The molecule has 1 aliphatic rings. The lowest BCUT2D eigenvalue weighted by Crippen LogP contribution is -2.49. The van der Waals surface area contributed by atoms with Crippen LogP contribution in [0.2, 0.25) is 5.02 Å². The van der Waals surface area contributed by atoms with E-state index in [1.165, 1.54) is 12.1 Å². The normalized spacial score (nSPS) is 14.3. The van der Waals surface area contributed by atoms with Crippen LogP contribution in [-0.4, -0.2) is 56.7 Å². The van der Waals surface area contributed by atoms with Crippen molar-refractivity contribution in [3.63, 3.8) is 0 Å². The number of halogens is 2. The lowest BCUT2D eigenvalue weighted by molar-refractivity contribution is -0.130. The quantitative estimate of drug-likeness (QED) is 0.656. The van der Waals surface area contributed by atoms with Crippen molar-refractivity contribution < 1.29 is 9.18 Å². The first kappa shape index (κ1) is 19.3. The fraction of sp³-hybridized carbons (Fsp3) is 0.300. The molecule has 9 heteroatoms. The van der Waals surface area contributed by atoms with Crippen molar-refractivity contribution in [3.05, 3.63) is 65.0 Å². The van der Waals surface area contributed by atoms with Crippen LogP contribution in [0.1, 0.15) is 11.4 Å². The highest BCUT2D eigenvalue weighted by Crippen LogP contribution is 2.21. The highest BCUT2D eigenvalue weighted by molar-refractivity contribution is 6.31. The minimum Gasteiger partial charge on any atom is -0.352 e. The van der Waals surface area contributed by atoms with Crippen LogP contribution in [-0.2, 0) is 11.2 Å². The second-order valence-corrected chi connectivity index (χ2v) is 7.25. The third kappa shape index (κ3) is 4.07. The molecule has 0 saturated carbocycles. The van der Waals surface area contributed by atoms with Crippen LogP contribution in [0.15, 0.2) is 42.7 Å². The summed E-state index contributed by atoms with van der Waals surface area (Å²) in [4.78, 5) is 20.6. The SMILES string of the molecule is Cc1nccn1-c1ccc(N2CCN(C(=O)Cc3c(F)cccc3Cl)CC2)nn1. The van der Waals surface area contributed by atoms with Gasteiger partial charge in [-0.25, -0.2) is 9.37 Å². The molecule has 2 aromatic heterocycles. The van der Waals surface area contributed by atoms with Crippen molar-refractivity contribution in [2.24, 2.45) is 0 Å². The third-order valence-corrected chi connectivity index (χ3v) is 5.41. The molecule has 1 amide bonds. The summed E-state index contributed by atoms with van der Waals surface area (Å²) in [6.07, 6.45) is 3.52. The second-order valence-electron chi connectivity index (χ2n) is 6.84. The number of imidazole rings is 1. The first-order valence-electron chi connectivity index (χ1n) is 9.32. The summed E-state index contributed by atoms with van der Waals surface area (Å²) < 4.78 is 15.8. The molecule has 4 rings (SSSR count). The van der Waals surface area contributed by atoms with E-state index in [0.717, 1.165) is 11.6 Å². The van der Waals surface area contributed by atoms with E-state index in [1.807, 2.05) is 29.8 Å². The fourth-order valence-electron chi connectivity index (χ4n) is 3.38. The van der Waals surface area contributed by atoms with E-state index in [9.17, 15) is 9.18 Å². The minimum atomic E-state index is -0.451. The predicted octanol–water partition coefficient (Wildman–Crippen LogP) is 2.65. The maximum atomic E-state index is 13.9. The molecule has 0 bridgehead atoms. The van der Waals surface area contributed by atoms with Gasteiger partial charge in [-0.3, -0.25) is 9.36 Å². The maximum absolute atomic E-state index is 13.9. The Balaban J connectivity index is 1.37. The molecule has 0 spiro atoms. The molecule has 1 saturated heterocycles. The Morgan fingerprint density at radius 3 is 2.45 bits per heavy atom. The van der Waals surface area contributed by atoms with Gasteiger partial charge in [0.05, 0.1) is 6.42 Å². The number of aromatic nitrogens is 4. The highest BCUT2D eigenvalue weighted by Gasteiger charge is 2.23. The molecule has 1 aromatic carbocycles. The zero-order valence-corrected chi connectivity index (χ0v) is 16.7. The van der Waals surface area contributed by atoms with Crippen LogP contribution < -0.4 is 4.90 Å². The lowest BCUT2D eigenvalue weighted by atomic mass is 10.1. The largest absolute Gasteiger partial charge is 0.352 e. The van der Waals surface area contributed by atoms with E-state index in [-0.39, 0.29) is 22.9 Å². The third-order valence-electron chi connectivity index (χ3n) is 5.06. The number of carbonyl (C=O) groups is 1. The molecule has 0 radical (unpaired) electrons. The number of benzene rings is 1. The number of amides is 1. The minimum absolute atomic E-state index is 0.0374. The summed E-state index contributed by atoms with van der Waals surface area (Å²) in [6.45, 7) is 4.24. The van der Waals surface area contributed by atoms with Crippen molar-refractivity contribution in [1.29, 1.82) is 0 Å². The van der Waals surface area contributed by atoms with Gasteiger partial charge in [-0.05, 0) is 31.2 Å². The van der Waals surface area contributed by atoms with Gasteiger partial charge < -0.3 is 9.80 Å². The van der Waals surface area contributed by atoms with Crippen LogP contribution in [0.4, 0.5) is 10.2 Å². The zero-order valence-electron chi connectivity index (χ0n) is 15.9. The molecule has 0 atom stereocenters. The van der Waals surface area contributed by atoms with E-state index < -0.39 is 5.82 Å². The Labute approximate surface area is 172 Å². The molecule has 7 nitrogen and oxygen atoms in total. The summed E-state index contributed by atoms with van der Waals surface area (Å²) in [7, 11) is 0. The molecule has 29 heavy (non-hydrogen) atoms. The molecule has 1 aliphatic heterocycles. The molecular formula is C20H20ClFN6O. The van der Waals surface area contributed by atoms with E-state index in [1.54, 1.807) is 17.2 Å². The monoisotopic (exact) mass is 414 g/mol. The van der Waals surface area contributed by atoms with E-state index in [4.69, 9.17) is 11.6 Å². The summed E-state index contributed by atoms with van der Waals surface area (Å²) in [6, 6.07) is 8.26. The number of aryl methyl sites for hydroxylation is 1. The summed E-state index contributed by atoms with van der Waals surface area (Å²) in [5.74, 6) is 1.73. The standard InChI is InChI=1S/C20H20ClFN6O/c1-14-23-7-8-28(14)19-6-5-18(24-25-19)26-9-11-27(12-10-26)20(29)13-15-16(21)3-2-4-17(15)22/h2-8H,9-13H2,1H3. The topological polar surface area (TPSA) is 67.2 Å². The highest BCUT2D eigenvalue weighted by atomic mass is 35.5. The second kappa shape index (κ2) is 8.16. The maximum Gasteiger partial charge on any atom is 0.227 e. The zero-order chi connectivity index (χ0) is 20.4. The van der Waals surface area contributed by atoms with Crippen LogP contribution >= 0.6 is 11.6 Å².